The summed E-state index contributed by atoms with van der Waals surface area (Å²) in [5.41, 5.74) is 0.955. The SMILES string of the molecule is CCCN1CC(=O)N(Cc2sc(C)nc2C)[C@@H](C)C1=O. The molecule has 1 aromatic rings. The number of piperazine rings is 1. The first-order valence-electron chi connectivity index (χ1n) is 6.95. The molecule has 2 amide bonds. The lowest BCUT2D eigenvalue weighted by Crippen LogP contribution is -2.58. The quantitative estimate of drug-likeness (QED) is 0.850. The maximum absolute atomic E-state index is 12.3. The molecule has 0 unspecified atom stereocenters. The number of amides is 2. The molecule has 0 N–H and O–H groups in total. The molecule has 0 bridgehead atoms. The first kappa shape index (κ1) is 15.0. The minimum absolute atomic E-state index is 0.0241. The molecule has 0 radical (unpaired) electrons. The molecule has 1 aromatic heterocycles. The predicted octanol–water partition coefficient (Wildman–Crippen LogP) is 1.73. The summed E-state index contributed by atoms with van der Waals surface area (Å²) in [4.78, 5) is 33.3. The van der Waals surface area contributed by atoms with Crippen LogP contribution in [0.4, 0.5) is 0 Å². The molecule has 0 saturated carbocycles. The molecule has 6 heteroatoms. The van der Waals surface area contributed by atoms with Crippen LogP contribution in [0, 0.1) is 13.8 Å². The highest BCUT2D eigenvalue weighted by molar-refractivity contribution is 7.11. The molecule has 5 nitrogen and oxygen atoms in total. The largest absolute Gasteiger partial charge is 0.332 e. The first-order valence-corrected chi connectivity index (χ1v) is 7.76. The van der Waals surface area contributed by atoms with Crippen LogP contribution in [0.5, 0.6) is 0 Å². The van der Waals surface area contributed by atoms with Gasteiger partial charge in [-0.25, -0.2) is 4.98 Å². The number of hydrogen-bond donors (Lipinski definition) is 0. The number of carbonyl (C=O) groups is 2. The van der Waals surface area contributed by atoms with Crippen molar-refractivity contribution in [2.45, 2.75) is 46.7 Å². The zero-order chi connectivity index (χ0) is 14.9. The number of carbonyl (C=O) groups excluding carboxylic acids is 2. The maximum Gasteiger partial charge on any atom is 0.245 e. The third-order valence-electron chi connectivity index (χ3n) is 3.59. The Labute approximate surface area is 123 Å². The van der Waals surface area contributed by atoms with Crippen molar-refractivity contribution < 1.29 is 9.59 Å². The molecule has 0 aliphatic carbocycles. The van der Waals surface area contributed by atoms with Gasteiger partial charge in [-0.05, 0) is 27.2 Å². The monoisotopic (exact) mass is 295 g/mol. The van der Waals surface area contributed by atoms with E-state index in [4.69, 9.17) is 0 Å². The van der Waals surface area contributed by atoms with E-state index in [2.05, 4.69) is 4.98 Å². The maximum atomic E-state index is 12.3. The molecular weight excluding hydrogens is 274 g/mol. The topological polar surface area (TPSA) is 53.5 Å². The molecular formula is C14H21N3O2S. The Morgan fingerprint density at radius 2 is 2.05 bits per heavy atom. The molecule has 2 rings (SSSR count). The molecule has 1 fully saturated rings. The predicted molar refractivity (Wildman–Crippen MR) is 78.5 cm³/mol. The van der Waals surface area contributed by atoms with Crippen LogP contribution in [0.15, 0.2) is 0 Å². The smallest absolute Gasteiger partial charge is 0.245 e. The van der Waals surface area contributed by atoms with Gasteiger partial charge in [-0.3, -0.25) is 9.59 Å². The van der Waals surface area contributed by atoms with Crippen LogP contribution < -0.4 is 0 Å². The summed E-state index contributed by atoms with van der Waals surface area (Å²) in [6.45, 7) is 9.07. The van der Waals surface area contributed by atoms with Crippen molar-refractivity contribution in [2.75, 3.05) is 13.1 Å². The van der Waals surface area contributed by atoms with Crippen molar-refractivity contribution >= 4 is 23.2 Å². The fraction of sp³-hybridized carbons (Fsp3) is 0.643. The summed E-state index contributed by atoms with van der Waals surface area (Å²) in [5.74, 6) is 0.0707. The van der Waals surface area contributed by atoms with Gasteiger partial charge in [0.05, 0.1) is 23.8 Å². The van der Waals surface area contributed by atoms with Crippen molar-refractivity contribution in [2.24, 2.45) is 0 Å². The lowest BCUT2D eigenvalue weighted by atomic mass is 10.1. The zero-order valence-corrected chi connectivity index (χ0v) is 13.3. The molecule has 1 saturated heterocycles. The molecule has 1 atom stereocenters. The number of aromatic nitrogens is 1. The van der Waals surface area contributed by atoms with E-state index in [0.29, 0.717) is 13.1 Å². The number of rotatable bonds is 4. The number of hydrogen-bond acceptors (Lipinski definition) is 4. The molecule has 1 aliphatic heterocycles. The van der Waals surface area contributed by atoms with Gasteiger partial charge in [0.15, 0.2) is 0 Å². The van der Waals surface area contributed by atoms with Crippen LogP contribution in [0.25, 0.3) is 0 Å². The van der Waals surface area contributed by atoms with Crippen LogP contribution in [-0.4, -0.2) is 45.7 Å². The Hall–Kier alpha value is -1.43. The van der Waals surface area contributed by atoms with E-state index in [0.717, 1.165) is 22.0 Å². The minimum Gasteiger partial charge on any atom is -0.332 e. The number of aryl methyl sites for hydroxylation is 2. The Kier molecular flexibility index (Phi) is 4.42. The molecule has 0 spiro atoms. The molecule has 1 aliphatic rings. The fourth-order valence-electron chi connectivity index (χ4n) is 2.50. The van der Waals surface area contributed by atoms with Crippen molar-refractivity contribution in [1.29, 1.82) is 0 Å². The highest BCUT2D eigenvalue weighted by Gasteiger charge is 2.36. The van der Waals surface area contributed by atoms with E-state index < -0.39 is 0 Å². The standard InChI is InChI=1S/C14H21N3O2S/c1-5-6-16-8-13(18)17(10(3)14(16)19)7-12-9(2)15-11(4)20-12/h10H,5-8H2,1-4H3/t10-/m0/s1. The van der Waals surface area contributed by atoms with Crippen LogP contribution >= 0.6 is 11.3 Å². The van der Waals surface area contributed by atoms with Gasteiger partial charge < -0.3 is 9.80 Å². The summed E-state index contributed by atoms with van der Waals surface area (Å²) in [7, 11) is 0. The fourth-order valence-corrected chi connectivity index (χ4v) is 3.44. The Bertz CT molecular complexity index is 526. The van der Waals surface area contributed by atoms with Gasteiger partial charge in [-0.15, -0.1) is 11.3 Å². The Morgan fingerprint density at radius 1 is 1.35 bits per heavy atom. The van der Waals surface area contributed by atoms with Crippen LogP contribution in [0.1, 0.15) is 35.8 Å². The first-order chi connectivity index (χ1) is 9.43. The molecule has 20 heavy (non-hydrogen) atoms. The average Bonchev–Trinajstić information content (AvgIpc) is 2.70. The van der Waals surface area contributed by atoms with Crippen molar-refractivity contribution in [3.05, 3.63) is 15.6 Å². The van der Waals surface area contributed by atoms with Gasteiger partial charge in [-0.1, -0.05) is 6.92 Å². The highest BCUT2D eigenvalue weighted by Crippen LogP contribution is 2.22. The average molecular weight is 295 g/mol. The molecule has 110 valence electrons. The second-order valence-corrected chi connectivity index (χ2v) is 6.49. The van der Waals surface area contributed by atoms with E-state index in [1.165, 1.54) is 0 Å². The lowest BCUT2D eigenvalue weighted by molar-refractivity contribution is -0.155. The van der Waals surface area contributed by atoms with Crippen LogP contribution in [0.3, 0.4) is 0 Å². The Morgan fingerprint density at radius 3 is 2.60 bits per heavy atom. The lowest BCUT2D eigenvalue weighted by Gasteiger charge is -2.38. The Balaban J connectivity index is 2.14. The normalized spacial score (nSPS) is 19.9. The number of thiazole rings is 1. The molecule has 0 aromatic carbocycles. The van der Waals surface area contributed by atoms with Gasteiger partial charge in [0.25, 0.3) is 0 Å². The molecule has 2 heterocycles. The van der Waals surface area contributed by atoms with Crippen LogP contribution in [0.2, 0.25) is 0 Å². The van der Waals surface area contributed by atoms with Crippen molar-refractivity contribution in [3.8, 4) is 0 Å². The van der Waals surface area contributed by atoms with E-state index in [9.17, 15) is 9.59 Å². The summed E-state index contributed by atoms with van der Waals surface area (Å²) >= 11 is 1.59. The summed E-state index contributed by atoms with van der Waals surface area (Å²) in [6, 6.07) is -0.385. The van der Waals surface area contributed by atoms with E-state index in [1.54, 1.807) is 21.1 Å². The summed E-state index contributed by atoms with van der Waals surface area (Å²) < 4.78 is 0. The minimum atomic E-state index is -0.385. The van der Waals surface area contributed by atoms with E-state index in [1.807, 2.05) is 27.7 Å². The van der Waals surface area contributed by atoms with Crippen LogP contribution in [-0.2, 0) is 16.1 Å². The highest BCUT2D eigenvalue weighted by atomic mass is 32.1. The summed E-state index contributed by atoms with van der Waals surface area (Å²) in [5, 5.41) is 0.994. The van der Waals surface area contributed by atoms with Gasteiger partial charge in [0.2, 0.25) is 11.8 Å². The summed E-state index contributed by atoms with van der Waals surface area (Å²) in [6.07, 6.45) is 0.874. The van der Waals surface area contributed by atoms with E-state index in [-0.39, 0.29) is 24.4 Å². The van der Waals surface area contributed by atoms with Gasteiger partial charge >= 0.3 is 0 Å². The van der Waals surface area contributed by atoms with Gasteiger partial charge in [-0.2, -0.15) is 0 Å². The van der Waals surface area contributed by atoms with Crippen molar-refractivity contribution in [3.63, 3.8) is 0 Å². The van der Waals surface area contributed by atoms with Gasteiger partial charge in [0.1, 0.15) is 6.04 Å². The second-order valence-electron chi connectivity index (χ2n) is 5.20. The second kappa shape index (κ2) is 5.91. The van der Waals surface area contributed by atoms with Crippen molar-refractivity contribution in [1.82, 2.24) is 14.8 Å². The number of nitrogens with zero attached hydrogens (tertiary/aromatic N) is 3. The van der Waals surface area contributed by atoms with Gasteiger partial charge in [0, 0.05) is 11.4 Å². The third kappa shape index (κ3) is 2.85. The van der Waals surface area contributed by atoms with E-state index >= 15 is 0 Å². The third-order valence-corrected chi connectivity index (χ3v) is 4.65. The zero-order valence-electron chi connectivity index (χ0n) is 12.5.